The SMILES string of the molecule is c1ccc2c(-c3ccc4sc5ccccc5c4c3)cccc2c1. The molecule has 0 spiro atoms. The number of hydrogen-bond acceptors (Lipinski definition) is 1. The molecule has 108 valence electrons. The molecular formula is C22H14S. The Labute approximate surface area is 138 Å². The lowest BCUT2D eigenvalue weighted by molar-refractivity contribution is 1.70. The summed E-state index contributed by atoms with van der Waals surface area (Å²) in [6, 6.07) is 30.7. The molecule has 0 amide bonds. The van der Waals surface area contributed by atoms with Gasteiger partial charge in [-0.15, -0.1) is 11.3 Å². The molecule has 1 heteroatoms. The van der Waals surface area contributed by atoms with E-state index in [4.69, 9.17) is 0 Å². The molecule has 0 aliphatic carbocycles. The summed E-state index contributed by atoms with van der Waals surface area (Å²) >= 11 is 1.87. The minimum Gasteiger partial charge on any atom is -0.135 e. The van der Waals surface area contributed by atoms with Gasteiger partial charge in [0.15, 0.2) is 0 Å². The highest BCUT2D eigenvalue weighted by atomic mass is 32.1. The summed E-state index contributed by atoms with van der Waals surface area (Å²) in [6.07, 6.45) is 0. The summed E-state index contributed by atoms with van der Waals surface area (Å²) in [5.74, 6) is 0. The first-order valence-corrected chi connectivity index (χ1v) is 8.61. The van der Waals surface area contributed by atoms with Crippen molar-refractivity contribution in [3.63, 3.8) is 0 Å². The van der Waals surface area contributed by atoms with Crippen LogP contribution in [-0.2, 0) is 0 Å². The fraction of sp³-hybridized carbons (Fsp3) is 0. The third-order valence-corrected chi connectivity index (χ3v) is 5.63. The molecule has 0 nitrogen and oxygen atoms in total. The molecule has 0 fully saturated rings. The molecular weight excluding hydrogens is 296 g/mol. The minimum atomic E-state index is 1.29. The fourth-order valence-corrected chi connectivity index (χ4v) is 4.46. The fourth-order valence-electron chi connectivity index (χ4n) is 3.37. The van der Waals surface area contributed by atoms with E-state index in [9.17, 15) is 0 Å². The van der Waals surface area contributed by atoms with Crippen LogP contribution in [0.3, 0.4) is 0 Å². The molecule has 0 bridgehead atoms. The first-order chi connectivity index (χ1) is 11.4. The van der Waals surface area contributed by atoms with Crippen molar-refractivity contribution in [1.29, 1.82) is 0 Å². The number of rotatable bonds is 1. The largest absolute Gasteiger partial charge is 0.135 e. The predicted octanol–water partition coefficient (Wildman–Crippen LogP) is 6.87. The topological polar surface area (TPSA) is 0 Å². The van der Waals surface area contributed by atoms with Crippen molar-refractivity contribution >= 4 is 42.3 Å². The molecule has 1 heterocycles. The van der Waals surface area contributed by atoms with Crippen molar-refractivity contribution in [1.82, 2.24) is 0 Å². The van der Waals surface area contributed by atoms with Crippen molar-refractivity contribution in [3.8, 4) is 11.1 Å². The van der Waals surface area contributed by atoms with Crippen LogP contribution in [0.2, 0.25) is 0 Å². The summed E-state index contributed by atoms with van der Waals surface area (Å²) < 4.78 is 2.72. The van der Waals surface area contributed by atoms with Crippen LogP contribution in [0.5, 0.6) is 0 Å². The lowest BCUT2D eigenvalue weighted by Crippen LogP contribution is -1.81. The Bertz CT molecular complexity index is 1160. The average molecular weight is 310 g/mol. The molecule has 0 saturated heterocycles. The van der Waals surface area contributed by atoms with E-state index in [1.54, 1.807) is 0 Å². The molecule has 1 aromatic heterocycles. The van der Waals surface area contributed by atoms with Crippen LogP contribution in [0.15, 0.2) is 84.9 Å². The molecule has 0 atom stereocenters. The normalized spacial score (nSPS) is 11.5. The van der Waals surface area contributed by atoms with Crippen LogP contribution in [0.1, 0.15) is 0 Å². The van der Waals surface area contributed by atoms with E-state index in [-0.39, 0.29) is 0 Å². The quantitative estimate of drug-likeness (QED) is 0.317. The lowest BCUT2D eigenvalue weighted by atomic mass is 9.97. The first-order valence-electron chi connectivity index (χ1n) is 7.79. The van der Waals surface area contributed by atoms with Gasteiger partial charge in [0.1, 0.15) is 0 Å². The molecule has 0 radical (unpaired) electrons. The zero-order valence-electron chi connectivity index (χ0n) is 12.5. The van der Waals surface area contributed by atoms with Gasteiger partial charge >= 0.3 is 0 Å². The molecule has 0 aliphatic heterocycles. The van der Waals surface area contributed by atoms with Crippen LogP contribution in [-0.4, -0.2) is 0 Å². The predicted molar refractivity (Wildman–Crippen MR) is 102 cm³/mol. The Morgan fingerprint density at radius 1 is 0.522 bits per heavy atom. The molecule has 5 aromatic rings. The highest BCUT2D eigenvalue weighted by molar-refractivity contribution is 7.25. The zero-order chi connectivity index (χ0) is 15.2. The second-order valence-electron chi connectivity index (χ2n) is 5.84. The average Bonchev–Trinajstić information content (AvgIpc) is 2.99. The van der Waals surface area contributed by atoms with Gasteiger partial charge in [-0.2, -0.15) is 0 Å². The maximum atomic E-state index is 2.34. The van der Waals surface area contributed by atoms with Crippen molar-refractivity contribution in [2.45, 2.75) is 0 Å². The van der Waals surface area contributed by atoms with Gasteiger partial charge in [0.05, 0.1) is 0 Å². The van der Waals surface area contributed by atoms with Crippen molar-refractivity contribution < 1.29 is 0 Å². The molecule has 4 aromatic carbocycles. The Morgan fingerprint density at radius 3 is 2.22 bits per heavy atom. The molecule has 0 saturated carbocycles. The van der Waals surface area contributed by atoms with E-state index >= 15 is 0 Å². The monoisotopic (exact) mass is 310 g/mol. The third-order valence-electron chi connectivity index (χ3n) is 4.48. The summed E-state index contributed by atoms with van der Waals surface area (Å²) in [5.41, 5.74) is 2.60. The highest BCUT2D eigenvalue weighted by Crippen LogP contribution is 2.37. The smallest absolute Gasteiger partial charge is 0.0355 e. The van der Waals surface area contributed by atoms with E-state index in [1.807, 2.05) is 11.3 Å². The standard InChI is InChI=1S/C22H14S/c1-2-8-17-15(6-1)7-5-10-18(17)16-12-13-22-20(14-16)19-9-3-4-11-21(19)23-22/h1-14H. The van der Waals surface area contributed by atoms with Crippen LogP contribution >= 0.6 is 11.3 Å². The number of thiophene rings is 1. The summed E-state index contributed by atoms with van der Waals surface area (Å²) in [7, 11) is 0. The van der Waals surface area contributed by atoms with Crippen LogP contribution in [0.4, 0.5) is 0 Å². The lowest BCUT2D eigenvalue weighted by Gasteiger charge is -2.07. The van der Waals surface area contributed by atoms with Gasteiger partial charge in [-0.05, 0) is 40.1 Å². The summed E-state index contributed by atoms with van der Waals surface area (Å²) in [5, 5.41) is 5.32. The van der Waals surface area contributed by atoms with E-state index in [2.05, 4.69) is 84.9 Å². The summed E-state index contributed by atoms with van der Waals surface area (Å²) in [4.78, 5) is 0. The third kappa shape index (κ3) is 1.97. The molecule has 0 N–H and O–H groups in total. The Kier molecular flexibility index (Phi) is 2.76. The Morgan fingerprint density at radius 2 is 1.26 bits per heavy atom. The Hall–Kier alpha value is -2.64. The zero-order valence-corrected chi connectivity index (χ0v) is 13.3. The molecule has 0 unspecified atom stereocenters. The maximum Gasteiger partial charge on any atom is 0.0355 e. The van der Waals surface area contributed by atoms with Gasteiger partial charge in [-0.1, -0.05) is 66.7 Å². The second-order valence-corrected chi connectivity index (χ2v) is 6.92. The van der Waals surface area contributed by atoms with Crippen molar-refractivity contribution in [3.05, 3.63) is 84.9 Å². The van der Waals surface area contributed by atoms with E-state index < -0.39 is 0 Å². The Balaban J connectivity index is 1.84. The van der Waals surface area contributed by atoms with Gasteiger partial charge in [-0.25, -0.2) is 0 Å². The van der Waals surface area contributed by atoms with Gasteiger partial charge in [0.25, 0.3) is 0 Å². The summed E-state index contributed by atoms with van der Waals surface area (Å²) in [6.45, 7) is 0. The van der Waals surface area contributed by atoms with Crippen LogP contribution in [0.25, 0.3) is 42.1 Å². The van der Waals surface area contributed by atoms with Gasteiger partial charge in [0.2, 0.25) is 0 Å². The second kappa shape index (κ2) is 4.94. The van der Waals surface area contributed by atoms with Crippen LogP contribution < -0.4 is 0 Å². The number of fused-ring (bicyclic) bond motifs is 4. The number of hydrogen-bond donors (Lipinski definition) is 0. The highest BCUT2D eigenvalue weighted by Gasteiger charge is 2.08. The molecule has 5 rings (SSSR count). The van der Waals surface area contributed by atoms with Gasteiger partial charge < -0.3 is 0 Å². The number of benzene rings is 4. The molecule has 23 heavy (non-hydrogen) atoms. The van der Waals surface area contributed by atoms with E-state index in [0.717, 1.165) is 0 Å². The van der Waals surface area contributed by atoms with E-state index in [0.29, 0.717) is 0 Å². The van der Waals surface area contributed by atoms with Crippen molar-refractivity contribution in [2.75, 3.05) is 0 Å². The van der Waals surface area contributed by atoms with Gasteiger partial charge in [-0.3, -0.25) is 0 Å². The van der Waals surface area contributed by atoms with E-state index in [1.165, 1.54) is 42.1 Å². The van der Waals surface area contributed by atoms with Crippen molar-refractivity contribution in [2.24, 2.45) is 0 Å². The molecule has 0 aliphatic rings. The van der Waals surface area contributed by atoms with Crippen LogP contribution in [0, 0.1) is 0 Å². The minimum absolute atomic E-state index is 1.29. The van der Waals surface area contributed by atoms with Gasteiger partial charge in [0, 0.05) is 20.2 Å². The first kappa shape index (κ1) is 12.9. The maximum absolute atomic E-state index is 2.34.